The maximum Gasteiger partial charge on any atom is 0.252 e. The molecule has 0 atom stereocenters. The molecule has 6 heteroatoms. The van der Waals surface area contributed by atoms with Gasteiger partial charge in [-0.15, -0.1) is 11.3 Å². The molecule has 0 fully saturated rings. The maximum absolute atomic E-state index is 11.8. The summed E-state index contributed by atoms with van der Waals surface area (Å²) in [5.74, 6) is 1.36. The van der Waals surface area contributed by atoms with Crippen molar-refractivity contribution in [2.24, 2.45) is 0 Å². The van der Waals surface area contributed by atoms with Crippen LogP contribution in [0.4, 0.5) is 0 Å². The topological polar surface area (TPSA) is 55.1 Å². The van der Waals surface area contributed by atoms with Crippen molar-refractivity contribution in [3.8, 4) is 11.5 Å². The van der Waals surface area contributed by atoms with Gasteiger partial charge in [-0.05, 0) is 30.5 Å². The van der Waals surface area contributed by atoms with Gasteiger partial charge in [-0.1, -0.05) is 0 Å². The molecule has 3 aromatic heterocycles. The summed E-state index contributed by atoms with van der Waals surface area (Å²) >= 11 is 3.09. The number of amides is 1. The lowest BCUT2D eigenvalue weighted by atomic mass is 10.3. The number of aromatic nitrogens is 1. The van der Waals surface area contributed by atoms with Crippen LogP contribution >= 0.6 is 22.7 Å². The minimum absolute atomic E-state index is 0.0892. The Balaban J connectivity index is 1.64. The fourth-order valence-corrected chi connectivity index (χ4v) is 2.99. The van der Waals surface area contributed by atoms with E-state index >= 15 is 0 Å². The Bertz CT molecular complexity index is 713. The van der Waals surface area contributed by atoms with Crippen molar-refractivity contribution in [1.82, 2.24) is 10.3 Å². The van der Waals surface area contributed by atoms with Gasteiger partial charge in [-0.3, -0.25) is 4.79 Å². The molecule has 0 saturated carbocycles. The number of carbonyl (C=O) groups is 1. The summed E-state index contributed by atoms with van der Waals surface area (Å²) in [5.41, 5.74) is 1.51. The van der Waals surface area contributed by atoms with E-state index in [9.17, 15) is 4.79 Å². The molecule has 1 N–H and O–H groups in total. The molecule has 4 nitrogen and oxygen atoms in total. The lowest BCUT2D eigenvalue weighted by molar-refractivity contribution is 0.0948. The monoisotopic (exact) mass is 304 g/mol. The number of carbonyl (C=O) groups excluding carboxylic acids is 1. The van der Waals surface area contributed by atoms with Crippen molar-refractivity contribution in [1.29, 1.82) is 0 Å². The summed E-state index contributed by atoms with van der Waals surface area (Å²) in [7, 11) is 0. The zero-order valence-electron chi connectivity index (χ0n) is 10.8. The third-order valence-electron chi connectivity index (χ3n) is 2.74. The number of furan rings is 1. The Labute approximate surface area is 124 Å². The van der Waals surface area contributed by atoms with Gasteiger partial charge in [0.05, 0.1) is 11.6 Å². The summed E-state index contributed by atoms with van der Waals surface area (Å²) < 4.78 is 5.68. The van der Waals surface area contributed by atoms with E-state index in [1.54, 1.807) is 17.4 Å². The van der Waals surface area contributed by atoms with E-state index in [1.165, 1.54) is 11.3 Å². The van der Waals surface area contributed by atoms with Crippen LogP contribution in [0.1, 0.15) is 21.1 Å². The van der Waals surface area contributed by atoms with Crippen LogP contribution in [-0.2, 0) is 6.54 Å². The molecule has 3 heterocycles. The standard InChI is InChI=1S/C14H12N2O2S2/c1-9-16-12(8-20-9)13-3-2-11(18-13)6-15-14(17)10-4-5-19-7-10/h2-5,7-8H,6H2,1H3,(H,15,17). The predicted octanol–water partition coefficient (Wildman–Crippen LogP) is 3.70. The van der Waals surface area contributed by atoms with Gasteiger partial charge < -0.3 is 9.73 Å². The van der Waals surface area contributed by atoms with E-state index < -0.39 is 0 Å². The van der Waals surface area contributed by atoms with Crippen LogP contribution in [0.2, 0.25) is 0 Å². The number of hydrogen-bond donors (Lipinski definition) is 1. The lowest BCUT2D eigenvalue weighted by Crippen LogP contribution is -2.21. The smallest absolute Gasteiger partial charge is 0.252 e. The summed E-state index contributed by atoms with van der Waals surface area (Å²) in [6.45, 7) is 2.33. The first-order valence-electron chi connectivity index (χ1n) is 6.04. The number of thiophene rings is 1. The van der Waals surface area contributed by atoms with Gasteiger partial charge in [-0.2, -0.15) is 11.3 Å². The zero-order chi connectivity index (χ0) is 13.9. The van der Waals surface area contributed by atoms with E-state index in [1.807, 2.05) is 35.2 Å². The number of nitrogens with zero attached hydrogens (tertiary/aromatic N) is 1. The van der Waals surface area contributed by atoms with Crippen LogP contribution in [0.5, 0.6) is 0 Å². The third-order valence-corrected chi connectivity index (χ3v) is 4.20. The van der Waals surface area contributed by atoms with E-state index in [4.69, 9.17) is 4.42 Å². The maximum atomic E-state index is 11.8. The van der Waals surface area contributed by atoms with Crippen LogP contribution in [-0.4, -0.2) is 10.9 Å². The molecule has 0 saturated heterocycles. The second-order valence-corrected chi connectivity index (χ2v) is 6.05. The third kappa shape index (κ3) is 2.81. The summed E-state index contributed by atoms with van der Waals surface area (Å²) in [5, 5.41) is 9.49. The molecule has 20 heavy (non-hydrogen) atoms. The van der Waals surface area contributed by atoms with Crippen molar-refractivity contribution in [2.75, 3.05) is 0 Å². The Morgan fingerprint density at radius 3 is 2.95 bits per heavy atom. The summed E-state index contributed by atoms with van der Waals surface area (Å²) in [6, 6.07) is 5.53. The second-order valence-electron chi connectivity index (χ2n) is 4.21. The normalized spacial score (nSPS) is 10.7. The largest absolute Gasteiger partial charge is 0.458 e. The predicted molar refractivity (Wildman–Crippen MR) is 80.0 cm³/mol. The van der Waals surface area contributed by atoms with Crippen molar-refractivity contribution in [2.45, 2.75) is 13.5 Å². The van der Waals surface area contributed by atoms with E-state index in [2.05, 4.69) is 10.3 Å². The number of thiazole rings is 1. The first kappa shape index (κ1) is 13.1. The van der Waals surface area contributed by atoms with Crippen LogP contribution in [0, 0.1) is 6.92 Å². The Hall–Kier alpha value is -1.92. The van der Waals surface area contributed by atoms with Crippen molar-refractivity contribution >= 4 is 28.6 Å². The van der Waals surface area contributed by atoms with Crippen molar-refractivity contribution in [3.05, 3.63) is 50.7 Å². The first-order chi connectivity index (χ1) is 9.72. The number of rotatable bonds is 4. The van der Waals surface area contributed by atoms with Gasteiger partial charge in [-0.25, -0.2) is 4.98 Å². The SMILES string of the molecule is Cc1nc(-c2ccc(CNC(=O)c3ccsc3)o2)cs1. The van der Waals surface area contributed by atoms with Crippen LogP contribution in [0.15, 0.2) is 38.8 Å². The molecule has 0 bridgehead atoms. The fraction of sp³-hybridized carbons (Fsp3) is 0.143. The molecular weight excluding hydrogens is 292 g/mol. The van der Waals surface area contributed by atoms with Crippen molar-refractivity contribution < 1.29 is 9.21 Å². The molecule has 0 unspecified atom stereocenters. The first-order valence-corrected chi connectivity index (χ1v) is 7.86. The highest BCUT2D eigenvalue weighted by Gasteiger charge is 2.10. The van der Waals surface area contributed by atoms with Crippen LogP contribution in [0.25, 0.3) is 11.5 Å². The summed E-state index contributed by atoms with van der Waals surface area (Å²) in [4.78, 5) is 16.2. The Kier molecular flexibility index (Phi) is 3.66. The Morgan fingerprint density at radius 1 is 1.35 bits per heavy atom. The number of aryl methyl sites for hydroxylation is 1. The highest BCUT2D eigenvalue weighted by atomic mass is 32.1. The molecule has 3 rings (SSSR count). The molecule has 102 valence electrons. The van der Waals surface area contributed by atoms with Crippen molar-refractivity contribution in [3.63, 3.8) is 0 Å². The van der Waals surface area contributed by atoms with Gasteiger partial charge in [0.2, 0.25) is 0 Å². The van der Waals surface area contributed by atoms with E-state index in [0.29, 0.717) is 17.9 Å². The van der Waals surface area contributed by atoms with Crippen LogP contribution < -0.4 is 5.32 Å². The van der Waals surface area contributed by atoms with E-state index in [0.717, 1.165) is 16.5 Å². The molecule has 0 aliphatic rings. The zero-order valence-corrected chi connectivity index (χ0v) is 12.4. The lowest BCUT2D eigenvalue weighted by Gasteiger charge is -2.00. The second kappa shape index (κ2) is 5.60. The molecule has 0 radical (unpaired) electrons. The minimum Gasteiger partial charge on any atom is -0.458 e. The Morgan fingerprint density at radius 2 is 2.25 bits per heavy atom. The molecule has 0 aromatic carbocycles. The molecule has 3 aromatic rings. The molecule has 0 aliphatic carbocycles. The molecule has 0 aliphatic heterocycles. The van der Waals surface area contributed by atoms with Gasteiger partial charge in [0.15, 0.2) is 5.76 Å². The molecular formula is C14H12N2O2S2. The fourth-order valence-electron chi connectivity index (χ4n) is 1.75. The molecule has 0 spiro atoms. The highest BCUT2D eigenvalue weighted by molar-refractivity contribution is 7.09. The quantitative estimate of drug-likeness (QED) is 0.799. The van der Waals surface area contributed by atoms with Gasteiger partial charge in [0.25, 0.3) is 5.91 Å². The van der Waals surface area contributed by atoms with Gasteiger partial charge in [0, 0.05) is 16.3 Å². The van der Waals surface area contributed by atoms with E-state index in [-0.39, 0.29) is 5.91 Å². The molecule has 1 amide bonds. The van der Waals surface area contributed by atoms with Crippen LogP contribution in [0.3, 0.4) is 0 Å². The highest BCUT2D eigenvalue weighted by Crippen LogP contribution is 2.23. The van der Waals surface area contributed by atoms with Gasteiger partial charge >= 0.3 is 0 Å². The minimum atomic E-state index is -0.0892. The average molecular weight is 304 g/mol. The average Bonchev–Trinajstić information content (AvgIpc) is 3.16. The number of hydrogen-bond acceptors (Lipinski definition) is 5. The number of nitrogens with one attached hydrogen (secondary N) is 1. The summed E-state index contributed by atoms with van der Waals surface area (Å²) in [6.07, 6.45) is 0. The van der Waals surface area contributed by atoms with Gasteiger partial charge in [0.1, 0.15) is 11.5 Å².